The Morgan fingerprint density at radius 2 is 2.15 bits per heavy atom. The van der Waals surface area contributed by atoms with E-state index in [1.807, 2.05) is 26.0 Å². The maximum absolute atomic E-state index is 13.1. The fraction of sp³-hybridized carbons (Fsp3) is 0.400. The third-order valence-corrected chi connectivity index (χ3v) is 5.43. The fourth-order valence-electron chi connectivity index (χ4n) is 3.95. The van der Waals surface area contributed by atoms with Gasteiger partial charge in [-0.2, -0.15) is 0 Å². The molecule has 0 radical (unpaired) electrons. The van der Waals surface area contributed by atoms with Gasteiger partial charge in [-0.05, 0) is 38.8 Å². The van der Waals surface area contributed by atoms with E-state index in [2.05, 4.69) is 10.3 Å². The summed E-state index contributed by atoms with van der Waals surface area (Å²) in [6.07, 6.45) is 5.93. The van der Waals surface area contributed by atoms with E-state index in [4.69, 9.17) is 5.73 Å². The van der Waals surface area contributed by atoms with Crippen molar-refractivity contribution in [2.45, 2.75) is 52.1 Å². The lowest BCUT2D eigenvalue weighted by atomic mass is 10.1. The number of anilines is 1. The molecular weight excluding hydrogens is 342 g/mol. The summed E-state index contributed by atoms with van der Waals surface area (Å²) in [4.78, 5) is 30.6. The van der Waals surface area contributed by atoms with E-state index in [1.165, 1.54) is 4.40 Å². The maximum Gasteiger partial charge on any atom is 0.278 e. The highest BCUT2D eigenvalue weighted by Crippen LogP contribution is 2.20. The molecule has 7 nitrogen and oxygen atoms in total. The fourth-order valence-corrected chi connectivity index (χ4v) is 3.95. The highest BCUT2D eigenvalue weighted by atomic mass is 16.2. The van der Waals surface area contributed by atoms with Gasteiger partial charge in [0, 0.05) is 17.8 Å². The minimum Gasteiger partial charge on any atom is -0.349 e. The molecule has 3 N–H and O–H groups in total. The number of amides is 1. The van der Waals surface area contributed by atoms with Crippen molar-refractivity contribution in [3.63, 3.8) is 0 Å². The molecule has 4 rings (SSSR count). The van der Waals surface area contributed by atoms with Crippen LogP contribution in [0, 0.1) is 6.92 Å². The van der Waals surface area contributed by atoms with Crippen LogP contribution in [0.15, 0.2) is 29.2 Å². The van der Waals surface area contributed by atoms with Gasteiger partial charge in [-0.3, -0.25) is 14.0 Å². The summed E-state index contributed by atoms with van der Waals surface area (Å²) in [5.74, 6) is 0.113. The molecule has 0 aromatic carbocycles. The number of pyridine rings is 2. The van der Waals surface area contributed by atoms with Gasteiger partial charge in [0.15, 0.2) is 0 Å². The van der Waals surface area contributed by atoms with Crippen LogP contribution in [0.5, 0.6) is 0 Å². The SMILES string of the molecule is CC[n+]1c(N)c(C(=O)NC2CCCC2)cc2c(=O)n3cccc(C)c3nc21. The van der Waals surface area contributed by atoms with Crippen molar-refractivity contribution in [2.24, 2.45) is 0 Å². The van der Waals surface area contributed by atoms with Crippen LogP contribution in [-0.4, -0.2) is 21.3 Å². The second kappa shape index (κ2) is 6.64. The van der Waals surface area contributed by atoms with E-state index in [0.717, 1.165) is 31.2 Å². The number of fused-ring (bicyclic) bond motifs is 2. The van der Waals surface area contributed by atoms with E-state index in [0.29, 0.717) is 34.6 Å². The minimum absolute atomic E-state index is 0.182. The third kappa shape index (κ3) is 2.83. The zero-order valence-electron chi connectivity index (χ0n) is 15.7. The zero-order valence-corrected chi connectivity index (χ0v) is 15.7. The standard InChI is InChI=1S/C20H23N5O2/c1-3-24-16(21)14(19(26)22-13-8-4-5-9-13)11-15-18(24)23-17-12(2)7-6-10-25(17)20(15)27/h6-7,10-11,13,21H,3-5,8-9H2,1-2H3,(H,22,26)/p+1. The van der Waals surface area contributed by atoms with Crippen molar-refractivity contribution in [3.8, 4) is 0 Å². The quantitative estimate of drug-likeness (QED) is 0.545. The van der Waals surface area contributed by atoms with Crippen LogP contribution in [0.4, 0.5) is 5.82 Å². The van der Waals surface area contributed by atoms with E-state index in [1.54, 1.807) is 16.8 Å². The average Bonchev–Trinajstić information content (AvgIpc) is 3.15. The summed E-state index contributed by atoms with van der Waals surface area (Å²) in [5.41, 5.74) is 8.46. The Bertz CT molecular complexity index is 1110. The number of nitrogen functional groups attached to an aromatic ring is 1. The predicted molar refractivity (Wildman–Crippen MR) is 104 cm³/mol. The first-order chi connectivity index (χ1) is 13.0. The number of hydrogen-bond acceptors (Lipinski definition) is 4. The van der Waals surface area contributed by atoms with Crippen molar-refractivity contribution in [2.75, 3.05) is 5.73 Å². The van der Waals surface area contributed by atoms with Gasteiger partial charge in [0.25, 0.3) is 17.1 Å². The number of carbonyl (C=O) groups excluding carboxylic acids is 1. The lowest BCUT2D eigenvalue weighted by molar-refractivity contribution is -0.655. The largest absolute Gasteiger partial charge is 0.349 e. The van der Waals surface area contributed by atoms with Crippen molar-refractivity contribution in [3.05, 3.63) is 45.9 Å². The van der Waals surface area contributed by atoms with Crippen LogP contribution >= 0.6 is 0 Å². The van der Waals surface area contributed by atoms with Crippen LogP contribution < -0.4 is 21.2 Å². The molecule has 0 atom stereocenters. The van der Waals surface area contributed by atoms with Crippen molar-refractivity contribution >= 4 is 28.4 Å². The Balaban J connectivity index is 1.95. The first-order valence-corrected chi connectivity index (χ1v) is 9.46. The van der Waals surface area contributed by atoms with Crippen molar-refractivity contribution in [1.82, 2.24) is 14.7 Å². The minimum atomic E-state index is -0.225. The number of aryl methyl sites for hydroxylation is 2. The molecular formula is C20H24N5O2+. The summed E-state index contributed by atoms with van der Waals surface area (Å²) < 4.78 is 3.26. The van der Waals surface area contributed by atoms with Gasteiger partial charge < -0.3 is 11.1 Å². The Morgan fingerprint density at radius 1 is 1.41 bits per heavy atom. The first kappa shape index (κ1) is 17.5. The van der Waals surface area contributed by atoms with Crippen LogP contribution in [0.1, 0.15) is 48.5 Å². The van der Waals surface area contributed by atoms with Crippen LogP contribution in [0.2, 0.25) is 0 Å². The smallest absolute Gasteiger partial charge is 0.278 e. The Hall–Kier alpha value is -2.96. The normalized spacial score (nSPS) is 14.9. The van der Waals surface area contributed by atoms with Gasteiger partial charge in [-0.25, -0.2) is 4.57 Å². The number of nitrogens with one attached hydrogen (secondary N) is 1. The molecule has 1 aliphatic carbocycles. The second-order valence-electron chi connectivity index (χ2n) is 7.18. The molecule has 1 aliphatic rings. The molecule has 3 heterocycles. The highest BCUT2D eigenvalue weighted by Gasteiger charge is 2.26. The first-order valence-electron chi connectivity index (χ1n) is 9.46. The van der Waals surface area contributed by atoms with Gasteiger partial charge in [0.1, 0.15) is 10.9 Å². The topological polar surface area (TPSA) is 93.4 Å². The third-order valence-electron chi connectivity index (χ3n) is 5.43. The summed E-state index contributed by atoms with van der Waals surface area (Å²) >= 11 is 0. The highest BCUT2D eigenvalue weighted by molar-refractivity contribution is 6.00. The van der Waals surface area contributed by atoms with Crippen LogP contribution in [-0.2, 0) is 6.54 Å². The molecule has 27 heavy (non-hydrogen) atoms. The number of nitrogens with zero attached hydrogens (tertiary/aromatic N) is 3. The van der Waals surface area contributed by atoms with Gasteiger partial charge in [0.2, 0.25) is 11.5 Å². The summed E-state index contributed by atoms with van der Waals surface area (Å²) in [6, 6.07) is 5.50. The molecule has 0 saturated heterocycles. The summed E-state index contributed by atoms with van der Waals surface area (Å²) in [5, 5.41) is 3.45. The second-order valence-corrected chi connectivity index (χ2v) is 7.18. The lowest BCUT2D eigenvalue weighted by Crippen LogP contribution is -2.43. The Labute approximate surface area is 156 Å². The molecule has 1 fully saturated rings. The van der Waals surface area contributed by atoms with Gasteiger partial charge >= 0.3 is 0 Å². The number of nitrogens with two attached hydrogens (primary N) is 1. The molecule has 1 amide bonds. The molecule has 3 aromatic heterocycles. The molecule has 0 bridgehead atoms. The lowest BCUT2D eigenvalue weighted by Gasteiger charge is -2.14. The van der Waals surface area contributed by atoms with E-state index >= 15 is 0 Å². The van der Waals surface area contributed by atoms with E-state index in [9.17, 15) is 9.59 Å². The van der Waals surface area contributed by atoms with E-state index < -0.39 is 0 Å². The average molecular weight is 366 g/mol. The predicted octanol–water partition coefficient (Wildman–Crippen LogP) is 1.72. The van der Waals surface area contributed by atoms with Gasteiger partial charge in [-0.1, -0.05) is 23.9 Å². The molecule has 0 aliphatic heterocycles. The number of hydrogen-bond donors (Lipinski definition) is 2. The van der Waals surface area contributed by atoms with Crippen molar-refractivity contribution in [1.29, 1.82) is 0 Å². The molecule has 140 valence electrons. The van der Waals surface area contributed by atoms with Crippen molar-refractivity contribution < 1.29 is 9.36 Å². The molecule has 0 unspecified atom stereocenters. The molecule has 7 heteroatoms. The molecule has 3 aromatic rings. The number of carbonyl (C=O) groups is 1. The molecule has 0 spiro atoms. The number of rotatable bonds is 3. The van der Waals surface area contributed by atoms with Crippen LogP contribution in [0.3, 0.4) is 0 Å². The molecule has 1 saturated carbocycles. The van der Waals surface area contributed by atoms with Gasteiger partial charge in [0.05, 0.1) is 6.54 Å². The van der Waals surface area contributed by atoms with E-state index in [-0.39, 0.29) is 17.5 Å². The van der Waals surface area contributed by atoms with Gasteiger partial charge in [-0.15, -0.1) is 0 Å². The monoisotopic (exact) mass is 366 g/mol. The summed E-state index contributed by atoms with van der Waals surface area (Å²) in [7, 11) is 0. The zero-order chi connectivity index (χ0) is 19.1. The summed E-state index contributed by atoms with van der Waals surface area (Å²) in [6.45, 7) is 4.36. The Morgan fingerprint density at radius 3 is 2.85 bits per heavy atom. The van der Waals surface area contributed by atoms with Crippen LogP contribution in [0.25, 0.3) is 16.7 Å². The Kier molecular flexibility index (Phi) is 4.30. The maximum atomic E-state index is 13.1. The number of aromatic nitrogens is 3.